The molecule has 136 valence electrons. The van der Waals surface area contributed by atoms with Crippen LogP contribution in [0.4, 0.5) is 0 Å². The van der Waals surface area contributed by atoms with E-state index in [9.17, 15) is 9.90 Å². The Morgan fingerprint density at radius 1 is 1.26 bits per heavy atom. The number of benzene rings is 2. The van der Waals surface area contributed by atoms with Gasteiger partial charge in [0, 0.05) is 23.7 Å². The molecule has 1 N–H and O–H groups in total. The van der Waals surface area contributed by atoms with Gasteiger partial charge in [0.1, 0.15) is 0 Å². The maximum atomic E-state index is 12.5. The number of ketones is 1. The second-order valence-electron chi connectivity index (χ2n) is 7.55. The van der Waals surface area contributed by atoms with Crippen LogP contribution in [0.1, 0.15) is 35.2 Å². The Bertz CT molecular complexity index is 1170. The van der Waals surface area contributed by atoms with E-state index in [-0.39, 0.29) is 11.9 Å². The molecule has 27 heavy (non-hydrogen) atoms. The molecule has 0 radical (unpaired) electrons. The van der Waals surface area contributed by atoms with Gasteiger partial charge in [-0.2, -0.15) is 0 Å². The molecular formula is C22H20N2O2S. The van der Waals surface area contributed by atoms with Gasteiger partial charge in [0.25, 0.3) is 0 Å². The van der Waals surface area contributed by atoms with Gasteiger partial charge in [-0.1, -0.05) is 35.1 Å². The lowest BCUT2D eigenvalue weighted by Gasteiger charge is -2.30. The van der Waals surface area contributed by atoms with Crippen LogP contribution in [0.25, 0.3) is 26.4 Å². The van der Waals surface area contributed by atoms with E-state index in [0.29, 0.717) is 12.3 Å². The molecule has 5 rings (SSSR count). The van der Waals surface area contributed by atoms with Crippen molar-refractivity contribution in [3.63, 3.8) is 0 Å². The average Bonchev–Trinajstić information content (AvgIpc) is 3.17. The first-order valence-electron chi connectivity index (χ1n) is 9.27. The largest absolute Gasteiger partial charge is 0.393 e. The molecule has 1 fully saturated rings. The number of aryl methyl sites for hydroxylation is 1. The van der Waals surface area contributed by atoms with Gasteiger partial charge in [0.2, 0.25) is 0 Å². The van der Waals surface area contributed by atoms with Gasteiger partial charge < -0.3 is 5.11 Å². The normalized spacial score (nSPS) is 19.5. The van der Waals surface area contributed by atoms with Crippen molar-refractivity contribution in [2.45, 2.75) is 32.3 Å². The molecular weight excluding hydrogens is 356 g/mol. The van der Waals surface area contributed by atoms with E-state index >= 15 is 0 Å². The Morgan fingerprint density at radius 2 is 2.11 bits per heavy atom. The van der Waals surface area contributed by atoms with Crippen molar-refractivity contribution in [1.82, 2.24) is 9.38 Å². The van der Waals surface area contributed by atoms with E-state index in [1.807, 2.05) is 18.2 Å². The Morgan fingerprint density at radius 3 is 2.89 bits per heavy atom. The van der Waals surface area contributed by atoms with Gasteiger partial charge in [-0.05, 0) is 49.9 Å². The fourth-order valence-corrected chi connectivity index (χ4v) is 4.91. The predicted octanol–water partition coefficient (Wildman–Crippen LogP) is 4.87. The number of carbonyl (C=O) groups excluding carboxylic acids is 1. The number of nitrogens with zero attached hydrogens (tertiary/aromatic N) is 2. The number of hydrogen-bond donors (Lipinski definition) is 1. The lowest BCUT2D eigenvalue weighted by atomic mass is 9.78. The quantitative estimate of drug-likeness (QED) is 0.517. The number of thiazole rings is 1. The van der Waals surface area contributed by atoms with E-state index in [1.54, 1.807) is 11.3 Å². The van der Waals surface area contributed by atoms with Crippen LogP contribution in [-0.4, -0.2) is 26.4 Å². The molecule has 4 nitrogen and oxygen atoms in total. The van der Waals surface area contributed by atoms with Gasteiger partial charge in [-0.15, -0.1) is 0 Å². The molecule has 2 heterocycles. The summed E-state index contributed by atoms with van der Waals surface area (Å²) in [5.74, 6) is 0.501. The summed E-state index contributed by atoms with van der Waals surface area (Å²) in [5, 5.41) is 9.40. The highest BCUT2D eigenvalue weighted by Gasteiger charge is 2.29. The molecule has 0 atom stereocenters. The molecule has 0 unspecified atom stereocenters. The summed E-state index contributed by atoms with van der Waals surface area (Å²) in [6.45, 7) is 2.08. The van der Waals surface area contributed by atoms with E-state index in [0.717, 1.165) is 44.8 Å². The fourth-order valence-electron chi connectivity index (χ4n) is 3.87. The summed E-state index contributed by atoms with van der Waals surface area (Å²) in [7, 11) is 0. The van der Waals surface area contributed by atoms with Crippen LogP contribution in [0.5, 0.6) is 0 Å². The van der Waals surface area contributed by atoms with Crippen LogP contribution in [-0.2, 0) is 0 Å². The van der Waals surface area contributed by atoms with Gasteiger partial charge in [0.15, 0.2) is 10.7 Å². The summed E-state index contributed by atoms with van der Waals surface area (Å²) in [4.78, 5) is 18.2. The molecule has 1 aliphatic rings. The number of Topliss-reactive ketones (excluding diaryl/α,β-unsaturated/α-hetero) is 1. The van der Waals surface area contributed by atoms with Gasteiger partial charge in [-0.3, -0.25) is 9.20 Å². The van der Waals surface area contributed by atoms with Gasteiger partial charge in [-0.25, -0.2) is 4.98 Å². The molecule has 2 aromatic carbocycles. The topological polar surface area (TPSA) is 54.6 Å². The molecule has 0 bridgehead atoms. The number of aromatic nitrogens is 2. The third-order valence-electron chi connectivity index (χ3n) is 5.41. The molecule has 0 aliphatic heterocycles. The Kier molecular flexibility index (Phi) is 3.88. The summed E-state index contributed by atoms with van der Waals surface area (Å²) in [6, 6.07) is 14.3. The summed E-state index contributed by atoms with van der Waals surface area (Å²) >= 11 is 1.61. The van der Waals surface area contributed by atoms with Crippen LogP contribution >= 0.6 is 11.3 Å². The predicted molar refractivity (Wildman–Crippen MR) is 108 cm³/mol. The molecule has 1 aliphatic carbocycles. The lowest BCUT2D eigenvalue weighted by molar-refractivity contribution is 0.0381. The highest BCUT2D eigenvalue weighted by atomic mass is 32.1. The molecule has 5 heteroatoms. The van der Waals surface area contributed by atoms with Crippen molar-refractivity contribution in [1.29, 1.82) is 0 Å². The molecule has 0 amide bonds. The maximum absolute atomic E-state index is 12.5. The van der Waals surface area contributed by atoms with E-state index in [4.69, 9.17) is 4.98 Å². The highest BCUT2D eigenvalue weighted by molar-refractivity contribution is 7.23. The van der Waals surface area contributed by atoms with Crippen molar-refractivity contribution < 1.29 is 9.90 Å². The lowest BCUT2D eigenvalue weighted by Crippen LogP contribution is -2.30. The second kappa shape index (κ2) is 6.29. The zero-order valence-electron chi connectivity index (χ0n) is 15.1. The number of aliphatic hydroxyl groups excluding tert-OH is 1. The van der Waals surface area contributed by atoms with Gasteiger partial charge >= 0.3 is 0 Å². The zero-order valence-corrected chi connectivity index (χ0v) is 15.9. The first-order valence-corrected chi connectivity index (χ1v) is 10.1. The first kappa shape index (κ1) is 16.7. The van der Waals surface area contributed by atoms with Crippen LogP contribution < -0.4 is 0 Å². The number of fused-ring (bicyclic) bond motifs is 3. The van der Waals surface area contributed by atoms with Crippen LogP contribution in [0, 0.1) is 12.8 Å². The summed E-state index contributed by atoms with van der Waals surface area (Å²) in [5.41, 5.74) is 5.14. The third kappa shape index (κ3) is 2.97. The fraction of sp³-hybridized carbons (Fsp3) is 0.273. The molecule has 0 saturated heterocycles. The number of aliphatic hydroxyl groups is 1. The number of rotatable bonds is 4. The molecule has 1 saturated carbocycles. The van der Waals surface area contributed by atoms with Crippen LogP contribution in [0.2, 0.25) is 0 Å². The van der Waals surface area contributed by atoms with Crippen molar-refractivity contribution >= 4 is 32.3 Å². The Hall–Kier alpha value is -2.50. The minimum atomic E-state index is -0.210. The van der Waals surface area contributed by atoms with Crippen LogP contribution in [0.15, 0.2) is 48.7 Å². The number of imidazole rings is 1. The molecule has 4 aromatic rings. The van der Waals surface area contributed by atoms with E-state index in [2.05, 4.69) is 41.8 Å². The SMILES string of the molecule is Cc1cccc(-c2cn3c(n2)sc2cc(C(=O)CC4CC(O)C4)ccc23)c1. The molecule has 0 spiro atoms. The summed E-state index contributed by atoms with van der Waals surface area (Å²) < 4.78 is 3.18. The van der Waals surface area contributed by atoms with E-state index < -0.39 is 0 Å². The smallest absolute Gasteiger partial charge is 0.195 e. The monoisotopic (exact) mass is 376 g/mol. The van der Waals surface area contributed by atoms with Crippen molar-refractivity contribution in [3.8, 4) is 11.3 Å². The summed E-state index contributed by atoms with van der Waals surface area (Å²) in [6.07, 6.45) is 3.89. The first-order chi connectivity index (χ1) is 13.1. The Balaban J connectivity index is 1.47. The van der Waals surface area contributed by atoms with Crippen molar-refractivity contribution in [2.75, 3.05) is 0 Å². The number of carbonyl (C=O) groups is 1. The number of hydrogen-bond acceptors (Lipinski definition) is 4. The van der Waals surface area contributed by atoms with Crippen LogP contribution in [0.3, 0.4) is 0 Å². The van der Waals surface area contributed by atoms with Gasteiger partial charge in [0.05, 0.1) is 22.0 Å². The van der Waals surface area contributed by atoms with E-state index in [1.165, 1.54) is 5.56 Å². The Labute approximate surface area is 161 Å². The standard InChI is InChI=1S/C22H20N2O2S/c1-13-3-2-4-15(7-13)18-12-24-19-6-5-16(11-21(19)27-22(24)23-18)20(26)10-14-8-17(25)9-14/h2-7,11-12,14,17,25H,8-10H2,1H3. The maximum Gasteiger partial charge on any atom is 0.195 e. The molecule has 2 aromatic heterocycles. The highest BCUT2D eigenvalue weighted by Crippen LogP contribution is 2.33. The third-order valence-corrected chi connectivity index (χ3v) is 6.43. The average molecular weight is 376 g/mol. The zero-order chi connectivity index (χ0) is 18.5. The second-order valence-corrected chi connectivity index (χ2v) is 8.56. The van der Waals surface area contributed by atoms with Crippen molar-refractivity contribution in [2.24, 2.45) is 5.92 Å². The van der Waals surface area contributed by atoms with Crippen molar-refractivity contribution in [3.05, 3.63) is 59.8 Å². The minimum Gasteiger partial charge on any atom is -0.393 e. The minimum absolute atomic E-state index is 0.167.